The molecule has 1 N–H and O–H groups in total. The molecule has 0 aromatic heterocycles. The summed E-state index contributed by atoms with van der Waals surface area (Å²) in [6, 6.07) is 7.17. The summed E-state index contributed by atoms with van der Waals surface area (Å²) in [5.41, 5.74) is 1.36. The van der Waals surface area contributed by atoms with Crippen molar-refractivity contribution in [3.8, 4) is 5.75 Å². The van der Waals surface area contributed by atoms with Gasteiger partial charge in [0.05, 0.1) is 20.6 Å². The number of carbonyl (C=O) groups excluding carboxylic acids is 2. The third-order valence-corrected chi connectivity index (χ3v) is 2.41. The molecule has 0 bridgehead atoms. The maximum Gasteiger partial charge on any atom is 0.309 e. The van der Waals surface area contributed by atoms with Crippen LogP contribution in [-0.4, -0.2) is 26.1 Å². The lowest BCUT2D eigenvalue weighted by molar-refractivity contribution is -0.139. The van der Waals surface area contributed by atoms with Crippen LogP contribution in [0, 0.1) is 0 Å². The molecule has 0 spiro atoms. The normalized spacial score (nSPS) is 10.8. The van der Waals surface area contributed by atoms with Crippen molar-refractivity contribution in [3.05, 3.63) is 35.9 Å². The molecular weight excluding hydrogens is 246 g/mol. The SMILES string of the molecule is COC(=O)CC=C(NC(C)=O)c1ccc(OC)cc1. The van der Waals surface area contributed by atoms with Gasteiger partial charge in [0.15, 0.2) is 0 Å². The van der Waals surface area contributed by atoms with E-state index in [9.17, 15) is 9.59 Å². The summed E-state index contributed by atoms with van der Waals surface area (Å²) in [5, 5.41) is 2.69. The summed E-state index contributed by atoms with van der Waals surface area (Å²) in [4.78, 5) is 22.3. The Kier molecular flexibility index (Phi) is 5.60. The van der Waals surface area contributed by atoms with E-state index in [1.807, 2.05) is 0 Å². The summed E-state index contributed by atoms with van der Waals surface area (Å²) in [7, 11) is 2.90. The van der Waals surface area contributed by atoms with Gasteiger partial charge in [0.1, 0.15) is 5.75 Å². The number of esters is 1. The van der Waals surface area contributed by atoms with E-state index in [1.54, 1.807) is 37.5 Å². The zero-order valence-electron chi connectivity index (χ0n) is 11.2. The Bertz CT molecular complexity index is 477. The second-order valence-electron chi connectivity index (χ2n) is 3.81. The Morgan fingerprint density at radius 1 is 1.21 bits per heavy atom. The van der Waals surface area contributed by atoms with E-state index in [0.29, 0.717) is 5.70 Å². The highest BCUT2D eigenvalue weighted by atomic mass is 16.5. The van der Waals surface area contributed by atoms with Crippen LogP contribution in [0.15, 0.2) is 30.3 Å². The molecule has 0 aliphatic heterocycles. The van der Waals surface area contributed by atoms with Crippen LogP contribution in [0.1, 0.15) is 18.9 Å². The third kappa shape index (κ3) is 4.83. The highest BCUT2D eigenvalue weighted by Crippen LogP contribution is 2.17. The molecule has 0 saturated heterocycles. The van der Waals surface area contributed by atoms with Crippen molar-refractivity contribution in [2.45, 2.75) is 13.3 Å². The second kappa shape index (κ2) is 7.20. The van der Waals surface area contributed by atoms with Crippen LogP contribution in [0.3, 0.4) is 0 Å². The number of rotatable bonds is 5. The number of ether oxygens (including phenoxy) is 2. The van der Waals surface area contributed by atoms with Crippen molar-refractivity contribution in [3.63, 3.8) is 0 Å². The van der Waals surface area contributed by atoms with Crippen LogP contribution < -0.4 is 10.1 Å². The molecule has 5 heteroatoms. The first-order valence-corrected chi connectivity index (χ1v) is 5.75. The van der Waals surface area contributed by atoms with Gasteiger partial charge in [0, 0.05) is 12.6 Å². The maximum atomic E-state index is 11.2. The third-order valence-electron chi connectivity index (χ3n) is 2.41. The molecule has 1 aromatic carbocycles. The van der Waals surface area contributed by atoms with Crippen molar-refractivity contribution in [1.29, 1.82) is 0 Å². The first-order chi connectivity index (χ1) is 9.06. The van der Waals surface area contributed by atoms with Crippen molar-refractivity contribution >= 4 is 17.6 Å². The number of methoxy groups -OCH3 is 2. The standard InChI is InChI=1S/C14H17NO4/c1-10(16)15-13(8-9-14(17)19-3)11-4-6-12(18-2)7-5-11/h4-8H,9H2,1-3H3,(H,15,16). The molecule has 0 heterocycles. The fraction of sp³-hybridized carbons (Fsp3) is 0.286. The summed E-state index contributed by atoms with van der Waals surface area (Å²) in [6.07, 6.45) is 1.72. The van der Waals surface area contributed by atoms with Crippen LogP contribution in [0.4, 0.5) is 0 Å². The van der Waals surface area contributed by atoms with Gasteiger partial charge < -0.3 is 14.8 Å². The van der Waals surface area contributed by atoms with Crippen LogP contribution in [0.25, 0.3) is 5.70 Å². The van der Waals surface area contributed by atoms with E-state index in [2.05, 4.69) is 10.1 Å². The molecule has 0 fully saturated rings. The number of nitrogens with one attached hydrogen (secondary N) is 1. The van der Waals surface area contributed by atoms with Gasteiger partial charge in [-0.1, -0.05) is 0 Å². The Morgan fingerprint density at radius 3 is 2.32 bits per heavy atom. The summed E-state index contributed by atoms with van der Waals surface area (Å²) in [6.45, 7) is 1.41. The van der Waals surface area contributed by atoms with Crippen molar-refractivity contribution < 1.29 is 19.1 Å². The Labute approximate surface area is 112 Å². The second-order valence-corrected chi connectivity index (χ2v) is 3.81. The topological polar surface area (TPSA) is 64.6 Å². The monoisotopic (exact) mass is 263 g/mol. The minimum Gasteiger partial charge on any atom is -0.497 e. The summed E-state index contributed by atoms with van der Waals surface area (Å²) < 4.78 is 9.63. The average molecular weight is 263 g/mol. The molecule has 19 heavy (non-hydrogen) atoms. The zero-order valence-corrected chi connectivity index (χ0v) is 11.2. The predicted molar refractivity (Wildman–Crippen MR) is 71.4 cm³/mol. The Hall–Kier alpha value is -2.30. The minimum absolute atomic E-state index is 0.0954. The van der Waals surface area contributed by atoms with Gasteiger partial charge in [-0.15, -0.1) is 0 Å². The first-order valence-electron chi connectivity index (χ1n) is 5.75. The van der Waals surface area contributed by atoms with Gasteiger partial charge in [-0.25, -0.2) is 0 Å². The lowest BCUT2D eigenvalue weighted by Gasteiger charge is -2.09. The molecule has 0 atom stereocenters. The number of amides is 1. The van der Waals surface area contributed by atoms with E-state index in [4.69, 9.17) is 4.74 Å². The van der Waals surface area contributed by atoms with Crippen LogP contribution >= 0.6 is 0 Å². The van der Waals surface area contributed by atoms with Crippen molar-refractivity contribution in [2.75, 3.05) is 14.2 Å². The predicted octanol–water partition coefficient (Wildman–Crippen LogP) is 1.74. The molecule has 5 nitrogen and oxygen atoms in total. The fourth-order valence-electron chi connectivity index (χ4n) is 1.47. The zero-order chi connectivity index (χ0) is 14.3. The number of carbonyl (C=O) groups is 2. The van der Waals surface area contributed by atoms with E-state index < -0.39 is 0 Å². The fourth-order valence-corrected chi connectivity index (χ4v) is 1.47. The van der Waals surface area contributed by atoms with E-state index in [-0.39, 0.29) is 18.3 Å². The van der Waals surface area contributed by atoms with Gasteiger partial charge in [0.25, 0.3) is 0 Å². The molecule has 0 radical (unpaired) electrons. The van der Waals surface area contributed by atoms with Gasteiger partial charge in [0.2, 0.25) is 5.91 Å². The Morgan fingerprint density at radius 2 is 1.84 bits per heavy atom. The van der Waals surface area contributed by atoms with Gasteiger partial charge in [-0.2, -0.15) is 0 Å². The number of hydrogen-bond donors (Lipinski definition) is 1. The highest BCUT2D eigenvalue weighted by molar-refractivity contribution is 5.86. The molecule has 102 valence electrons. The molecule has 1 rings (SSSR count). The molecule has 0 unspecified atom stereocenters. The van der Waals surface area contributed by atoms with Gasteiger partial charge >= 0.3 is 5.97 Å². The number of hydrogen-bond acceptors (Lipinski definition) is 4. The van der Waals surface area contributed by atoms with Crippen LogP contribution in [-0.2, 0) is 14.3 Å². The van der Waals surface area contributed by atoms with E-state index >= 15 is 0 Å². The van der Waals surface area contributed by atoms with E-state index in [1.165, 1.54) is 14.0 Å². The maximum absolute atomic E-state index is 11.2. The molecule has 1 amide bonds. The number of benzene rings is 1. The highest BCUT2D eigenvalue weighted by Gasteiger charge is 2.06. The summed E-state index contributed by atoms with van der Waals surface area (Å²) >= 11 is 0. The van der Waals surface area contributed by atoms with Crippen LogP contribution in [0.5, 0.6) is 5.75 Å². The quantitative estimate of drug-likeness (QED) is 0.822. The lowest BCUT2D eigenvalue weighted by Crippen LogP contribution is -2.18. The Balaban J connectivity index is 2.94. The van der Waals surface area contributed by atoms with Gasteiger partial charge in [-0.3, -0.25) is 9.59 Å². The summed E-state index contributed by atoms with van der Waals surface area (Å²) in [5.74, 6) is 0.155. The van der Waals surface area contributed by atoms with Gasteiger partial charge in [-0.05, 0) is 35.9 Å². The molecular formula is C14H17NO4. The average Bonchev–Trinajstić information content (AvgIpc) is 2.42. The molecule has 0 saturated carbocycles. The minimum atomic E-state index is -0.364. The largest absolute Gasteiger partial charge is 0.497 e. The van der Waals surface area contributed by atoms with Crippen LogP contribution in [0.2, 0.25) is 0 Å². The molecule has 0 aliphatic carbocycles. The smallest absolute Gasteiger partial charge is 0.309 e. The van der Waals surface area contributed by atoms with Crippen molar-refractivity contribution in [1.82, 2.24) is 5.32 Å². The first kappa shape index (κ1) is 14.8. The van der Waals surface area contributed by atoms with Crippen molar-refractivity contribution in [2.24, 2.45) is 0 Å². The molecule has 1 aromatic rings. The van der Waals surface area contributed by atoms with E-state index in [0.717, 1.165) is 11.3 Å². The lowest BCUT2D eigenvalue weighted by atomic mass is 10.1. The molecule has 0 aliphatic rings.